The van der Waals surface area contributed by atoms with Crippen molar-refractivity contribution in [3.05, 3.63) is 89.5 Å². The molecule has 0 fully saturated rings. The molecule has 9 heteroatoms. The van der Waals surface area contributed by atoms with E-state index < -0.39 is 34.1 Å². The molecule has 1 unspecified atom stereocenters. The van der Waals surface area contributed by atoms with E-state index >= 15 is 0 Å². The average molecular weight is 580 g/mol. The van der Waals surface area contributed by atoms with Crippen LogP contribution in [0.4, 0.5) is 5.69 Å². The third-order valence-corrected chi connectivity index (χ3v) is 8.62. The number of nitrogens with zero attached hydrogens (tertiary/aromatic N) is 2. The lowest BCUT2D eigenvalue weighted by Gasteiger charge is -2.35. The fourth-order valence-electron chi connectivity index (χ4n) is 4.54. The Morgan fingerprint density at radius 3 is 2.12 bits per heavy atom. The first-order valence-electron chi connectivity index (χ1n) is 13.7. The maximum atomic E-state index is 14.2. The van der Waals surface area contributed by atoms with Crippen LogP contribution >= 0.6 is 0 Å². The quantitative estimate of drug-likeness (QED) is 0.336. The van der Waals surface area contributed by atoms with E-state index in [-0.39, 0.29) is 17.3 Å². The number of carbonyl (C=O) groups is 2. The Kier molecular flexibility index (Phi) is 10.2. The van der Waals surface area contributed by atoms with E-state index in [1.165, 1.54) is 17.0 Å². The number of hydrogen-bond acceptors (Lipinski definition) is 5. The summed E-state index contributed by atoms with van der Waals surface area (Å²) >= 11 is 0. The van der Waals surface area contributed by atoms with E-state index in [0.717, 1.165) is 21.0 Å². The van der Waals surface area contributed by atoms with Crippen molar-refractivity contribution >= 4 is 27.5 Å². The summed E-state index contributed by atoms with van der Waals surface area (Å²) in [5.41, 5.74) is 2.33. The molecular weight excluding hydrogens is 538 g/mol. The van der Waals surface area contributed by atoms with Crippen molar-refractivity contribution < 1.29 is 22.7 Å². The van der Waals surface area contributed by atoms with Crippen LogP contribution in [0.15, 0.2) is 77.7 Å². The molecule has 1 atom stereocenters. The van der Waals surface area contributed by atoms with Crippen LogP contribution in [0.25, 0.3) is 0 Å². The monoisotopic (exact) mass is 579 g/mol. The Hall–Kier alpha value is -3.85. The van der Waals surface area contributed by atoms with Crippen LogP contribution in [0.5, 0.6) is 5.75 Å². The summed E-state index contributed by atoms with van der Waals surface area (Å²) in [5, 5.41) is 2.98. The van der Waals surface area contributed by atoms with Crippen LogP contribution in [0, 0.1) is 13.8 Å². The summed E-state index contributed by atoms with van der Waals surface area (Å²) in [7, 11) is -2.54. The second kappa shape index (κ2) is 13.2. The Labute approximate surface area is 244 Å². The van der Waals surface area contributed by atoms with Gasteiger partial charge in [-0.15, -0.1) is 0 Å². The van der Waals surface area contributed by atoms with Gasteiger partial charge < -0.3 is 15.0 Å². The van der Waals surface area contributed by atoms with Crippen molar-refractivity contribution in [3.8, 4) is 5.75 Å². The van der Waals surface area contributed by atoms with E-state index in [2.05, 4.69) is 5.32 Å². The highest BCUT2D eigenvalue weighted by Crippen LogP contribution is 2.29. The Bertz CT molecular complexity index is 1450. The topological polar surface area (TPSA) is 96.0 Å². The zero-order valence-electron chi connectivity index (χ0n) is 25.0. The van der Waals surface area contributed by atoms with Crippen molar-refractivity contribution in [1.29, 1.82) is 0 Å². The zero-order chi connectivity index (χ0) is 30.4. The number of methoxy groups -OCH3 is 1. The molecular formula is C32H41N3O5S. The number of carbonyl (C=O) groups excluding carboxylic acids is 2. The molecule has 220 valence electrons. The highest BCUT2D eigenvalue weighted by atomic mass is 32.2. The maximum Gasteiger partial charge on any atom is 0.264 e. The molecule has 0 spiro atoms. The van der Waals surface area contributed by atoms with Gasteiger partial charge in [-0.1, -0.05) is 49.4 Å². The molecule has 1 N–H and O–H groups in total. The van der Waals surface area contributed by atoms with Crippen LogP contribution in [0.1, 0.15) is 50.8 Å². The molecule has 0 aromatic heterocycles. The maximum absolute atomic E-state index is 14.2. The summed E-state index contributed by atoms with van der Waals surface area (Å²) in [6, 6.07) is 19.9. The third-order valence-electron chi connectivity index (χ3n) is 6.85. The summed E-state index contributed by atoms with van der Waals surface area (Å²) in [5.74, 6) is -0.123. The number of amides is 2. The van der Waals surface area contributed by atoms with Gasteiger partial charge in [0.1, 0.15) is 18.3 Å². The highest BCUT2D eigenvalue weighted by Gasteiger charge is 2.35. The molecule has 3 aromatic carbocycles. The predicted octanol–water partition coefficient (Wildman–Crippen LogP) is 5.23. The van der Waals surface area contributed by atoms with Gasteiger partial charge in [0.05, 0.1) is 17.7 Å². The van der Waals surface area contributed by atoms with E-state index in [1.54, 1.807) is 49.6 Å². The van der Waals surface area contributed by atoms with Gasteiger partial charge in [-0.2, -0.15) is 0 Å². The van der Waals surface area contributed by atoms with Crippen molar-refractivity contribution in [2.45, 2.75) is 71.0 Å². The first kappa shape index (κ1) is 31.7. The molecule has 0 saturated heterocycles. The lowest BCUT2D eigenvalue weighted by atomic mass is 10.1. The summed E-state index contributed by atoms with van der Waals surface area (Å²) in [4.78, 5) is 29.2. The number of ether oxygens (including phenoxy) is 1. The number of rotatable bonds is 11. The average Bonchev–Trinajstić information content (AvgIpc) is 2.93. The van der Waals surface area contributed by atoms with Crippen LogP contribution < -0.4 is 14.4 Å². The highest BCUT2D eigenvalue weighted by molar-refractivity contribution is 7.92. The number of hydrogen-bond donors (Lipinski definition) is 1. The van der Waals surface area contributed by atoms with Crippen LogP contribution in [0.3, 0.4) is 0 Å². The largest absolute Gasteiger partial charge is 0.497 e. The van der Waals surface area contributed by atoms with Gasteiger partial charge in [0, 0.05) is 12.1 Å². The molecule has 0 aliphatic carbocycles. The molecule has 2 amide bonds. The van der Waals surface area contributed by atoms with E-state index in [0.29, 0.717) is 17.9 Å². The molecule has 0 aliphatic rings. The number of anilines is 1. The number of benzene rings is 3. The Morgan fingerprint density at radius 2 is 1.56 bits per heavy atom. The van der Waals surface area contributed by atoms with E-state index in [9.17, 15) is 18.0 Å². The first-order chi connectivity index (χ1) is 19.3. The molecule has 0 saturated carbocycles. The molecule has 0 radical (unpaired) electrons. The molecule has 3 rings (SSSR count). The fraction of sp³-hybridized carbons (Fsp3) is 0.375. The van der Waals surface area contributed by atoms with Crippen molar-refractivity contribution in [2.24, 2.45) is 0 Å². The number of aryl methyl sites for hydroxylation is 1. The van der Waals surface area contributed by atoms with Gasteiger partial charge in [0.15, 0.2) is 0 Å². The second-order valence-corrected chi connectivity index (χ2v) is 12.9. The number of sulfonamides is 1. The Balaban J connectivity index is 2.10. The van der Waals surface area contributed by atoms with Crippen molar-refractivity contribution in [2.75, 3.05) is 18.0 Å². The second-order valence-electron chi connectivity index (χ2n) is 11.1. The summed E-state index contributed by atoms with van der Waals surface area (Å²) in [6.07, 6.45) is 0.346. The predicted molar refractivity (Wildman–Crippen MR) is 162 cm³/mol. The van der Waals surface area contributed by atoms with Crippen LogP contribution in [-0.4, -0.2) is 50.4 Å². The summed E-state index contributed by atoms with van der Waals surface area (Å²) < 4.78 is 34.4. The third kappa shape index (κ3) is 7.88. The van der Waals surface area contributed by atoms with Gasteiger partial charge in [-0.05, 0) is 88.1 Å². The zero-order valence-corrected chi connectivity index (χ0v) is 25.8. The van der Waals surface area contributed by atoms with E-state index in [1.807, 2.05) is 59.7 Å². The molecule has 41 heavy (non-hydrogen) atoms. The standard InChI is InChI=1S/C32H41N3O5S/c1-8-28(31(37)33-32(4,5)6)34(21-25-17-19-26(40-7)20-18-25)30(36)22-35(29-16-12-13-23(2)24(29)3)41(38,39)27-14-10-9-11-15-27/h9-20,28H,8,21-22H2,1-7H3,(H,33,37). The smallest absolute Gasteiger partial charge is 0.264 e. The fourth-order valence-corrected chi connectivity index (χ4v) is 6.03. The molecule has 0 heterocycles. The SMILES string of the molecule is CCC(C(=O)NC(C)(C)C)N(Cc1ccc(OC)cc1)C(=O)CN(c1cccc(C)c1C)S(=O)(=O)c1ccccc1. The van der Waals surface area contributed by atoms with Crippen LogP contribution in [0.2, 0.25) is 0 Å². The van der Waals surface area contributed by atoms with E-state index in [4.69, 9.17) is 4.74 Å². The Morgan fingerprint density at radius 1 is 0.927 bits per heavy atom. The summed E-state index contributed by atoms with van der Waals surface area (Å²) in [6.45, 7) is 10.8. The van der Waals surface area contributed by atoms with Gasteiger partial charge in [-0.25, -0.2) is 8.42 Å². The van der Waals surface area contributed by atoms with Gasteiger partial charge in [0.25, 0.3) is 10.0 Å². The molecule has 0 bridgehead atoms. The van der Waals surface area contributed by atoms with Gasteiger partial charge in [-0.3, -0.25) is 13.9 Å². The van der Waals surface area contributed by atoms with Gasteiger partial charge >= 0.3 is 0 Å². The number of nitrogens with one attached hydrogen (secondary N) is 1. The molecule has 0 aliphatic heterocycles. The minimum atomic E-state index is -4.12. The lowest BCUT2D eigenvalue weighted by molar-refractivity contribution is -0.141. The molecule has 8 nitrogen and oxygen atoms in total. The lowest BCUT2D eigenvalue weighted by Crippen LogP contribution is -2.55. The van der Waals surface area contributed by atoms with Gasteiger partial charge in [0.2, 0.25) is 11.8 Å². The minimum Gasteiger partial charge on any atom is -0.497 e. The van der Waals surface area contributed by atoms with Crippen LogP contribution in [-0.2, 0) is 26.2 Å². The van der Waals surface area contributed by atoms with Crippen molar-refractivity contribution in [3.63, 3.8) is 0 Å². The normalized spacial score (nSPS) is 12.4. The first-order valence-corrected chi connectivity index (χ1v) is 15.1. The molecule has 3 aromatic rings. The minimum absolute atomic E-state index is 0.0768. The van der Waals surface area contributed by atoms with Crippen molar-refractivity contribution in [1.82, 2.24) is 10.2 Å².